The van der Waals surface area contributed by atoms with E-state index < -0.39 is 95.9 Å². The smallest absolute Gasteiger partial charge is 0.439 e. The van der Waals surface area contributed by atoms with Crippen LogP contribution in [0.25, 0.3) is 0 Å². The zero-order chi connectivity index (χ0) is 36.7. The zero-order valence-electron chi connectivity index (χ0n) is 26.2. The maximum Gasteiger partial charge on any atom is 0.462 e. The second kappa shape index (κ2) is 16.6. The van der Waals surface area contributed by atoms with Gasteiger partial charge in [-0.3, -0.25) is 4.74 Å². The van der Waals surface area contributed by atoms with Crippen molar-refractivity contribution in [1.29, 1.82) is 0 Å². The van der Waals surface area contributed by atoms with Crippen molar-refractivity contribution >= 4 is 33.3 Å². The molecule has 0 aromatic rings. The van der Waals surface area contributed by atoms with Crippen molar-refractivity contribution in [2.45, 2.75) is 107 Å². The normalized spacial score (nSPS) is 17.9. The minimum atomic E-state index is -7.15. The Morgan fingerprint density at radius 1 is 0.630 bits per heavy atom. The molecule has 0 saturated heterocycles. The lowest BCUT2D eigenvalue weighted by Gasteiger charge is -2.41. The first-order valence-corrected chi connectivity index (χ1v) is 25.4. The van der Waals surface area contributed by atoms with Gasteiger partial charge in [0.05, 0.1) is 13.0 Å². The molecule has 0 heterocycles. The van der Waals surface area contributed by atoms with Gasteiger partial charge in [0.1, 0.15) is 14.2 Å². The molecule has 0 bridgehead atoms. The van der Waals surface area contributed by atoms with E-state index in [-0.39, 0.29) is 19.1 Å². The van der Waals surface area contributed by atoms with Crippen LogP contribution >= 0.6 is 0 Å². The van der Waals surface area contributed by atoms with Crippen molar-refractivity contribution in [3.63, 3.8) is 0 Å². The second-order valence-corrected chi connectivity index (χ2v) is 32.1. The number of hydrogen-bond donors (Lipinski definition) is 0. The summed E-state index contributed by atoms with van der Waals surface area (Å²) in [6.07, 6.45) is -25.5. The van der Waals surface area contributed by atoms with E-state index in [1.54, 1.807) is 19.6 Å². The fraction of sp³-hybridized carbons (Fsp3) is 1.00. The van der Waals surface area contributed by atoms with Crippen molar-refractivity contribution in [2.24, 2.45) is 0 Å². The Balaban J connectivity index is 5.07. The largest absolute Gasteiger partial charge is 0.462 e. The summed E-state index contributed by atoms with van der Waals surface area (Å²) < 4.78 is 210. The summed E-state index contributed by atoms with van der Waals surface area (Å²) in [4.78, 5) is 0. The highest BCUT2D eigenvalue weighted by Crippen LogP contribution is 2.51. The molecule has 0 aliphatic rings. The molecule has 0 fully saturated rings. The monoisotopic (exact) mass is 778 g/mol. The topological polar surface area (TPSA) is 55.4 Å². The van der Waals surface area contributed by atoms with Crippen LogP contribution in [0.1, 0.15) is 19.3 Å². The first-order valence-electron chi connectivity index (χ1n) is 13.7. The predicted octanol–water partition coefficient (Wildman–Crippen LogP) is 8.38. The second-order valence-electron chi connectivity index (χ2n) is 11.8. The molecule has 6 nitrogen and oxygen atoms in total. The van der Waals surface area contributed by atoms with Crippen LogP contribution in [0.3, 0.4) is 0 Å². The quantitative estimate of drug-likeness (QED) is 0.0664. The van der Waals surface area contributed by atoms with Crippen LogP contribution < -0.4 is 0 Å². The van der Waals surface area contributed by atoms with Crippen LogP contribution in [0.15, 0.2) is 0 Å². The lowest BCUT2D eigenvalue weighted by Crippen LogP contribution is -2.63. The summed E-state index contributed by atoms with van der Waals surface area (Å²) in [6, 6.07) is 0.760. The SMILES string of the molecule is CO[Si](C)(O[SiH](C)O[Si](C)(C)CCCOCC(F)(OC(F)(F)C(F)(F)C(F)(F)F)C(F)(F)F)[Si](C)(C)CCCOCCC(F)(F)F. The Labute approximate surface area is 262 Å². The molecule has 3 unspecified atom stereocenters. The minimum Gasteiger partial charge on any atom is -0.439 e. The van der Waals surface area contributed by atoms with Crippen molar-refractivity contribution in [3.8, 4) is 0 Å². The standard InChI is InChI=1S/C22H40F14O6Si4/c1-37-46(7,45(5,6)15-9-11-38-13-10-18(24,25)26)42-43(2)41-44(3,4)14-8-12-39-16-17(23,20(29,30)31)40-22(35,36)19(27,28)21(32,33)34/h43H,8-16H2,1-7H3. The van der Waals surface area contributed by atoms with Gasteiger partial charge in [0, 0.05) is 20.3 Å². The van der Waals surface area contributed by atoms with Crippen molar-refractivity contribution < 1.29 is 88.3 Å². The summed E-state index contributed by atoms with van der Waals surface area (Å²) in [6.45, 7) is 7.38. The molecule has 3 atom stereocenters. The van der Waals surface area contributed by atoms with Gasteiger partial charge < -0.3 is 22.1 Å². The fourth-order valence-electron chi connectivity index (χ4n) is 3.87. The van der Waals surface area contributed by atoms with E-state index >= 15 is 0 Å². The third-order valence-corrected chi connectivity index (χ3v) is 30.1. The van der Waals surface area contributed by atoms with Gasteiger partial charge in [0.15, 0.2) is 8.32 Å². The fourth-order valence-corrected chi connectivity index (χ4v) is 23.7. The lowest BCUT2D eigenvalue weighted by molar-refractivity contribution is -0.486. The van der Waals surface area contributed by atoms with E-state index in [9.17, 15) is 61.5 Å². The molecule has 0 radical (unpaired) electrons. The highest BCUT2D eigenvalue weighted by molar-refractivity contribution is 7.37. The maximum atomic E-state index is 14.3. The molecule has 0 rings (SSSR count). The third-order valence-electron chi connectivity index (χ3n) is 6.91. The van der Waals surface area contributed by atoms with Gasteiger partial charge in [-0.05, 0) is 45.1 Å². The molecule has 0 N–H and O–H groups in total. The van der Waals surface area contributed by atoms with Crippen molar-refractivity contribution in [2.75, 3.05) is 33.5 Å². The maximum absolute atomic E-state index is 14.3. The van der Waals surface area contributed by atoms with Crippen LogP contribution in [0.4, 0.5) is 61.5 Å². The molecule has 46 heavy (non-hydrogen) atoms. The Bertz CT molecular complexity index is 923. The van der Waals surface area contributed by atoms with Crippen LogP contribution in [0.2, 0.25) is 51.4 Å². The molecule has 0 aliphatic carbocycles. The van der Waals surface area contributed by atoms with Crippen LogP contribution in [0.5, 0.6) is 0 Å². The highest BCUT2D eigenvalue weighted by atomic mass is 29.3. The summed E-state index contributed by atoms with van der Waals surface area (Å²) in [5, 5.41) is 0. The van der Waals surface area contributed by atoms with Crippen molar-refractivity contribution in [1.82, 2.24) is 0 Å². The number of hydrogen-bond acceptors (Lipinski definition) is 6. The molecule has 0 aliphatic heterocycles. The lowest BCUT2D eigenvalue weighted by atomic mass is 10.2. The third kappa shape index (κ3) is 13.9. The van der Waals surface area contributed by atoms with Gasteiger partial charge in [0.2, 0.25) is 0 Å². The van der Waals surface area contributed by atoms with Gasteiger partial charge in [-0.2, -0.15) is 61.5 Å². The van der Waals surface area contributed by atoms with Gasteiger partial charge >= 0.3 is 44.5 Å². The Morgan fingerprint density at radius 3 is 1.59 bits per heavy atom. The van der Waals surface area contributed by atoms with Gasteiger partial charge in [-0.15, -0.1) is 0 Å². The minimum absolute atomic E-state index is 0.118. The molecule has 0 saturated carbocycles. The van der Waals surface area contributed by atoms with Crippen LogP contribution in [0, 0.1) is 0 Å². The Hall–Kier alpha value is -0.352. The van der Waals surface area contributed by atoms with Gasteiger partial charge in [-0.25, -0.2) is 0 Å². The zero-order valence-corrected chi connectivity index (χ0v) is 30.3. The average molecular weight is 779 g/mol. The number of halogens is 14. The van der Waals surface area contributed by atoms with Crippen molar-refractivity contribution in [3.05, 3.63) is 0 Å². The number of rotatable bonds is 21. The van der Waals surface area contributed by atoms with E-state index in [0.29, 0.717) is 12.5 Å². The highest BCUT2D eigenvalue weighted by Gasteiger charge is 2.78. The first-order chi connectivity index (χ1) is 20.3. The average Bonchev–Trinajstić information content (AvgIpc) is 2.82. The first kappa shape index (κ1) is 45.6. The summed E-state index contributed by atoms with van der Waals surface area (Å²) in [5.74, 6) is -12.9. The van der Waals surface area contributed by atoms with E-state index in [4.69, 9.17) is 17.4 Å². The van der Waals surface area contributed by atoms with Crippen LogP contribution in [-0.2, 0) is 26.9 Å². The van der Waals surface area contributed by atoms with Gasteiger partial charge in [0.25, 0.3) is 9.28 Å². The molecule has 24 heteroatoms. The summed E-state index contributed by atoms with van der Waals surface area (Å²) in [7, 11) is -8.76. The molecule has 0 aromatic heterocycles. The molecular formula is C22H40F14O6Si4. The summed E-state index contributed by atoms with van der Waals surface area (Å²) >= 11 is 0. The molecule has 0 aromatic carbocycles. The molecular weight excluding hydrogens is 739 g/mol. The van der Waals surface area contributed by atoms with E-state index in [2.05, 4.69) is 9.47 Å². The molecule has 278 valence electrons. The molecule has 0 spiro atoms. The van der Waals surface area contributed by atoms with Crippen LogP contribution in [-0.4, -0.2) is 103 Å². The van der Waals surface area contributed by atoms with E-state index in [1.807, 2.05) is 19.6 Å². The summed E-state index contributed by atoms with van der Waals surface area (Å²) in [5.41, 5.74) is 0. The van der Waals surface area contributed by atoms with E-state index in [0.717, 1.165) is 0 Å². The molecule has 0 amide bonds. The number of ether oxygens (including phenoxy) is 3. The number of alkyl halides is 14. The predicted molar refractivity (Wildman–Crippen MR) is 147 cm³/mol. The van der Waals surface area contributed by atoms with Gasteiger partial charge in [-0.1, -0.05) is 19.1 Å². The Kier molecular flexibility index (Phi) is 16.4. The Morgan fingerprint density at radius 2 is 1.13 bits per heavy atom. The van der Waals surface area contributed by atoms with E-state index in [1.165, 1.54) is 7.11 Å².